The number of nitrogens with one attached hydrogen (secondary N) is 1. The highest BCUT2D eigenvalue weighted by Gasteiger charge is 2.68. The van der Waals surface area contributed by atoms with Crippen LogP contribution in [0.5, 0.6) is 0 Å². The Hall–Kier alpha value is -1.64. The van der Waals surface area contributed by atoms with Gasteiger partial charge in [0.25, 0.3) is 0 Å². The summed E-state index contributed by atoms with van der Waals surface area (Å²) in [5.41, 5.74) is 1.97. The van der Waals surface area contributed by atoms with Crippen LogP contribution in [0.25, 0.3) is 0 Å². The van der Waals surface area contributed by atoms with Crippen molar-refractivity contribution in [2.75, 3.05) is 5.32 Å². The molecule has 0 heterocycles. The summed E-state index contributed by atoms with van der Waals surface area (Å²) in [6.45, 7) is 8.18. The van der Waals surface area contributed by atoms with Crippen LogP contribution in [0.3, 0.4) is 0 Å². The molecule has 2 aliphatic rings. The second-order valence-corrected chi connectivity index (χ2v) is 7.26. The van der Waals surface area contributed by atoms with E-state index in [0.29, 0.717) is 18.8 Å². The molecule has 2 saturated carbocycles. The maximum absolute atomic E-state index is 12.9. The molecule has 1 amide bonds. The average molecular weight is 285 g/mol. The number of carbonyl (C=O) groups is 2. The van der Waals surface area contributed by atoms with E-state index in [2.05, 4.69) is 19.2 Å². The molecule has 21 heavy (non-hydrogen) atoms. The monoisotopic (exact) mass is 285 g/mol. The molecule has 0 saturated heterocycles. The third-order valence-corrected chi connectivity index (χ3v) is 5.91. The Balaban J connectivity index is 1.93. The van der Waals surface area contributed by atoms with E-state index in [-0.39, 0.29) is 17.1 Å². The minimum absolute atomic E-state index is 0.107. The highest BCUT2D eigenvalue weighted by Crippen LogP contribution is 2.64. The summed E-state index contributed by atoms with van der Waals surface area (Å²) in [5.74, 6) is 0.380. The second kappa shape index (κ2) is 4.43. The largest absolute Gasteiger partial charge is 0.325 e. The number of ketones is 1. The van der Waals surface area contributed by atoms with Crippen molar-refractivity contribution < 1.29 is 9.59 Å². The zero-order valence-corrected chi connectivity index (χ0v) is 13.2. The van der Waals surface area contributed by atoms with E-state index in [9.17, 15) is 9.59 Å². The minimum Gasteiger partial charge on any atom is -0.325 e. The first-order chi connectivity index (χ1) is 9.79. The summed E-state index contributed by atoms with van der Waals surface area (Å²) >= 11 is 0. The summed E-state index contributed by atoms with van der Waals surface area (Å²) in [6, 6.07) is 5.96. The first-order valence-corrected chi connectivity index (χ1v) is 7.71. The van der Waals surface area contributed by atoms with Crippen molar-refractivity contribution in [2.45, 2.75) is 47.0 Å². The van der Waals surface area contributed by atoms with Gasteiger partial charge in [0.05, 0.1) is 0 Å². The molecule has 112 valence electrons. The quantitative estimate of drug-likeness (QED) is 0.843. The molecular formula is C18H23NO2. The topological polar surface area (TPSA) is 46.2 Å². The third-order valence-electron chi connectivity index (χ3n) is 5.91. The van der Waals surface area contributed by atoms with Gasteiger partial charge >= 0.3 is 0 Å². The highest BCUT2D eigenvalue weighted by molar-refractivity contribution is 6.14. The van der Waals surface area contributed by atoms with Crippen LogP contribution in [-0.2, 0) is 9.59 Å². The summed E-state index contributed by atoms with van der Waals surface area (Å²) in [4.78, 5) is 25.4. The number of aryl methyl sites for hydroxylation is 2. The van der Waals surface area contributed by atoms with E-state index in [0.717, 1.165) is 17.7 Å². The number of carbonyl (C=O) groups excluding carboxylic acids is 2. The summed E-state index contributed by atoms with van der Waals surface area (Å²) in [6.07, 6.45) is 2.24. The third kappa shape index (κ3) is 1.79. The molecule has 3 nitrogen and oxygen atoms in total. The maximum atomic E-state index is 12.9. The normalized spacial score (nSPS) is 29.7. The van der Waals surface area contributed by atoms with Crippen LogP contribution in [0.15, 0.2) is 18.2 Å². The van der Waals surface area contributed by atoms with E-state index < -0.39 is 5.41 Å². The van der Waals surface area contributed by atoms with Gasteiger partial charge in [0.15, 0.2) is 0 Å². The fourth-order valence-electron chi connectivity index (χ4n) is 4.39. The number of hydrogen-bond acceptors (Lipinski definition) is 2. The van der Waals surface area contributed by atoms with Crippen molar-refractivity contribution in [1.29, 1.82) is 0 Å². The lowest BCUT2D eigenvalue weighted by Gasteiger charge is -2.35. The number of fused-ring (bicyclic) bond motifs is 2. The van der Waals surface area contributed by atoms with Crippen molar-refractivity contribution in [3.8, 4) is 0 Å². The molecule has 1 aromatic carbocycles. The first kappa shape index (κ1) is 14.3. The van der Waals surface area contributed by atoms with Crippen molar-refractivity contribution in [1.82, 2.24) is 0 Å². The van der Waals surface area contributed by atoms with Gasteiger partial charge in [-0.1, -0.05) is 31.5 Å². The van der Waals surface area contributed by atoms with Crippen molar-refractivity contribution in [3.05, 3.63) is 29.3 Å². The van der Waals surface area contributed by atoms with Crippen LogP contribution < -0.4 is 5.32 Å². The predicted octanol–water partition coefficient (Wildman–Crippen LogP) is 3.64. The van der Waals surface area contributed by atoms with E-state index in [4.69, 9.17) is 0 Å². The summed E-state index contributed by atoms with van der Waals surface area (Å²) in [5, 5.41) is 3.02. The zero-order valence-electron chi connectivity index (χ0n) is 13.2. The van der Waals surface area contributed by atoms with Crippen LogP contribution in [0.2, 0.25) is 0 Å². The van der Waals surface area contributed by atoms with Crippen LogP contribution in [0.1, 0.15) is 44.2 Å². The Morgan fingerprint density at radius 3 is 2.52 bits per heavy atom. The number of hydrogen-bond donors (Lipinski definition) is 1. The van der Waals surface area contributed by atoms with Gasteiger partial charge in [-0.2, -0.15) is 0 Å². The van der Waals surface area contributed by atoms with Crippen molar-refractivity contribution in [2.24, 2.45) is 16.7 Å². The van der Waals surface area contributed by atoms with E-state index in [1.54, 1.807) is 0 Å². The Bertz CT molecular complexity index is 632. The molecular weight excluding hydrogens is 262 g/mol. The van der Waals surface area contributed by atoms with E-state index in [1.165, 1.54) is 5.56 Å². The molecule has 1 N–H and O–H groups in total. The van der Waals surface area contributed by atoms with Crippen LogP contribution in [0, 0.1) is 30.6 Å². The molecule has 3 heteroatoms. The lowest BCUT2D eigenvalue weighted by atomic mass is 9.68. The Labute approximate surface area is 126 Å². The SMILES string of the molecule is Cc1ccc(NC(=O)C23CCC(CC2=O)C3(C)C)c(C)c1. The van der Waals surface area contributed by atoms with Crippen LogP contribution in [-0.4, -0.2) is 11.7 Å². The Kier molecular flexibility index (Phi) is 3.01. The molecule has 2 atom stereocenters. The minimum atomic E-state index is -0.824. The van der Waals surface area contributed by atoms with Crippen molar-refractivity contribution in [3.63, 3.8) is 0 Å². The van der Waals surface area contributed by atoms with Gasteiger partial charge in [-0.25, -0.2) is 0 Å². The molecule has 2 aliphatic carbocycles. The molecule has 0 aromatic heterocycles. The Morgan fingerprint density at radius 2 is 2.00 bits per heavy atom. The first-order valence-electron chi connectivity index (χ1n) is 7.71. The van der Waals surface area contributed by atoms with Gasteiger partial charge in [0.2, 0.25) is 5.91 Å². The van der Waals surface area contributed by atoms with E-state index >= 15 is 0 Å². The molecule has 3 rings (SSSR count). The van der Waals surface area contributed by atoms with Crippen LogP contribution in [0.4, 0.5) is 5.69 Å². The zero-order chi connectivity index (χ0) is 15.4. The Morgan fingerprint density at radius 1 is 1.29 bits per heavy atom. The van der Waals surface area contributed by atoms with Gasteiger partial charge in [-0.15, -0.1) is 0 Å². The molecule has 1 aromatic rings. The van der Waals surface area contributed by atoms with Crippen LogP contribution >= 0.6 is 0 Å². The summed E-state index contributed by atoms with van der Waals surface area (Å²) in [7, 11) is 0. The molecule has 0 spiro atoms. The number of rotatable bonds is 2. The summed E-state index contributed by atoms with van der Waals surface area (Å²) < 4.78 is 0. The molecule has 0 aliphatic heterocycles. The van der Waals surface area contributed by atoms with Gasteiger partial charge in [-0.05, 0) is 49.7 Å². The molecule has 0 radical (unpaired) electrons. The smallest absolute Gasteiger partial charge is 0.238 e. The lowest BCUT2D eigenvalue weighted by Crippen LogP contribution is -2.46. The molecule has 2 fully saturated rings. The fourth-order valence-corrected chi connectivity index (χ4v) is 4.39. The lowest BCUT2D eigenvalue weighted by molar-refractivity contribution is -0.141. The molecule has 2 bridgehead atoms. The highest BCUT2D eigenvalue weighted by atomic mass is 16.2. The maximum Gasteiger partial charge on any atom is 0.238 e. The predicted molar refractivity (Wildman–Crippen MR) is 83.1 cm³/mol. The van der Waals surface area contributed by atoms with Gasteiger partial charge in [0.1, 0.15) is 11.2 Å². The van der Waals surface area contributed by atoms with Gasteiger partial charge in [0, 0.05) is 12.1 Å². The number of amides is 1. The number of anilines is 1. The fraction of sp³-hybridized carbons (Fsp3) is 0.556. The standard InChI is InChI=1S/C18H23NO2/c1-11-5-6-14(12(2)9-11)19-16(21)18-8-7-13(10-15(18)20)17(18,3)4/h5-6,9,13H,7-8,10H2,1-4H3,(H,19,21). The average Bonchev–Trinajstić information content (AvgIpc) is 2.76. The van der Waals surface area contributed by atoms with E-state index in [1.807, 2.05) is 32.0 Å². The second-order valence-electron chi connectivity index (χ2n) is 7.26. The van der Waals surface area contributed by atoms with Crippen molar-refractivity contribution >= 4 is 17.4 Å². The molecule has 2 unspecified atom stereocenters. The number of benzene rings is 1. The van der Waals surface area contributed by atoms with Gasteiger partial charge < -0.3 is 5.32 Å². The van der Waals surface area contributed by atoms with Gasteiger partial charge in [-0.3, -0.25) is 9.59 Å². The number of Topliss-reactive ketones (excluding diaryl/α,β-unsaturated/α-hetero) is 1.